The first-order valence-electron chi connectivity index (χ1n) is 2.53. The standard InChI is InChI=1S/C6H8N2/c1-7-6-4-2-3-5-8-6/h2,4,6-8H,1H3. The van der Waals surface area contributed by atoms with Crippen molar-refractivity contribution >= 4 is 0 Å². The van der Waals surface area contributed by atoms with Crippen LogP contribution in [0.3, 0.4) is 0 Å². The van der Waals surface area contributed by atoms with Crippen molar-refractivity contribution < 1.29 is 0 Å². The van der Waals surface area contributed by atoms with Crippen LogP contribution in [0.15, 0.2) is 12.2 Å². The van der Waals surface area contributed by atoms with Crippen LogP contribution in [0.2, 0.25) is 0 Å². The van der Waals surface area contributed by atoms with Gasteiger partial charge < -0.3 is 5.32 Å². The lowest BCUT2D eigenvalue weighted by atomic mass is 10.4. The Morgan fingerprint density at radius 1 is 1.75 bits per heavy atom. The summed E-state index contributed by atoms with van der Waals surface area (Å²) >= 11 is 0. The monoisotopic (exact) mass is 108 g/mol. The highest BCUT2D eigenvalue weighted by Crippen LogP contribution is 1.81. The molecule has 0 aromatic carbocycles. The van der Waals surface area contributed by atoms with Gasteiger partial charge in [-0.1, -0.05) is 5.92 Å². The van der Waals surface area contributed by atoms with Gasteiger partial charge in [-0.2, -0.15) is 0 Å². The molecule has 1 heterocycles. The summed E-state index contributed by atoms with van der Waals surface area (Å²) in [5.41, 5.74) is 0. The van der Waals surface area contributed by atoms with Gasteiger partial charge in [0.2, 0.25) is 0 Å². The summed E-state index contributed by atoms with van der Waals surface area (Å²) in [7, 11) is 1.88. The van der Waals surface area contributed by atoms with Gasteiger partial charge in [-0.25, -0.2) is 0 Å². The third-order valence-corrected chi connectivity index (χ3v) is 0.983. The molecule has 0 amide bonds. The maximum atomic E-state index is 3.00. The molecule has 1 rings (SSSR count). The minimum absolute atomic E-state index is 0.233. The summed E-state index contributed by atoms with van der Waals surface area (Å²) in [5.74, 6) is 2.77. The van der Waals surface area contributed by atoms with Crippen LogP contribution < -0.4 is 10.6 Å². The van der Waals surface area contributed by atoms with E-state index in [4.69, 9.17) is 0 Å². The van der Waals surface area contributed by atoms with Crippen molar-refractivity contribution in [1.82, 2.24) is 10.6 Å². The second-order valence-corrected chi connectivity index (χ2v) is 1.54. The van der Waals surface area contributed by atoms with Crippen LogP contribution in [0.4, 0.5) is 0 Å². The van der Waals surface area contributed by atoms with E-state index < -0.39 is 0 Å². The van der Waals surface area contributed by atoms with Gasteiger partial charge in [0.1, 0.15) is 6.17 Å². The molecular weight excluding hydrogens is 100 g/mol. The zero-order chi connectivity index (χ0) is 5.82. The number of likely N-dealkylation sites (N-methyl/N-ethyl adjacent to an activating group) is 1. The summed E-state index contributed by atoms with van der Waals surface area (Å²) < 4.78 is 0. The Morgan fingerprint density at radius 2 is 2.62 bits per heavy atom. The van der Waals surface area contributed by atoms with Crippen LogP contribution in [0.25, 0.3) is 0 Å². The van der Waals surface area contributed by atoms with Gasteiger partial charge in [0.15, 0.2) is 0 Å². The van der Waals surface area contributed by atoms with Crippen LogP contribution in [0.5, 0.6) is 0 Å². The quantitative estimate of drug-likeness (QED) is 0.449. The smallest absolute Gasteiger partial charge is 0.104 e. The predicted octanol–water partition coefficient (Wildman–Crippen LogP) is -0.348. The molecule has 1 aliphatic heterocycles. The van der Waals surface area contributed by atoms with Gasteiger partial charge in [0.25, 0.3) is 0 Å². The van der Waals surface area contributed by atoms with E-state index in [2.05, 4.69) is 22.6 Å². The maximum absolute atomic E-state index is 3.00. The van der Waals surface area contributed by atoms with Crippen LogP contribution in [-0.2, 0) is 0 Å². The number of allylic oxidation sites excluding steroid dienone is 1. The molecule has 1 unspecified atom stereocenters. The lowest BCUT2D eigenvalue weighted by Crippen LogP contribution is -2.36. The Labute approximate surface area is 49.0 Å². The average Bonchev–Trinajstić information content (AvgIpc) is 1.90. The minimum atomic E-state index is 0.233. The van der Waals surface area contributed by atoms with Crippen molar-refractivity contribution in [3.05, 3.63) is 12.2 Å². The SMILES string of the molecule is CNC1C=CC#CN1. The normalized spacial score (nSPS) is 23.4. The van der Waals surface area contributed by atoms with Crippen molar-refractivity contribution in [3.63, 3.8) is 0 Å². The Balaban J connectivity index is 2.46. The summed E-state index contributed by atoms with van der Waals surface area (Å²) in [6.45, 7) is 0. The van der Waals surface area contributed by atoms with Gasteiger partial charge in [-0.05, 0) is 19.2 Å². The molecule has 2 N–H and O–H groups in total. The zero-order valence-electron chi connectivity index (χ0n) is 4.73. The number of nitrogens with one attached hydrogen (secondary N) is 2. The van der Waals surface area contributed by atoms with E-state index in [-0.39, 0.29) is 6.17 Å². The predicted molar refractivity (Wildman–Crippen MR) is 32.9 cm³/mol. The molecule has 0 fully saturated rings. The second kappa shape index (κ2) is 2.39. The molecule has 0 spiro atoms. The Kier molecular flexibility index (Phi) is 1.55. The molecule has 42 valence electrons. The van der Waals surface area contributed by atoms with Crippen LogP contribution in [-0.4, -0.2) is 13.2 Å². The lowest BCUT2D eigenvalue weighted by Gasteiger charge is -2.10. The largest absolute Gasteiger partial charge is 0.326 e. The fourth-order valence-corrected chi connectivity index (χ4v) is 0.522. The average molecular weight is 108 g/mol. The van der Waals surface area contributed by atoms with Gasteiger partial charge >= 0.3 is 0 Å². The Morgan fingerprint density at radius 3 is 3.00 bits per heavy atom. The second-order valence-electron chi connectivity index (χ2n) is 1.54. The van der Waals surface area contributed by atoms with Gasteiger partial charge in [-0.15, -0.1) is 0 Å². The van der Waals surface area contributed by atoms with E-state index in [9.17, 15) is 0 Å². The molecule has 0 saturated carbocycles. The van der Waals surface area contributed by atoms with Crippen molar-refractivity contribution in [2.75, 3.05) is 7.05 Å². The van der Waals surface area contributed by atoms with Crippen molar-refractivity contribution in [2.24, 2.45) is 0 Å². The molecule has 0 radical (unpaired) electrons. The minimum Gasteiger partial charge on any atom is -0.326 e. The Bertz CT molecular complexity index is 150. The van der Waals surface area contributed by atoms with Crippen molar-refractivity contribution in [3.8, 4) is 12.0 Å². The van der Waals surface area contributed by atoms with Gasteiger partial charge in [0.05, 0.1) is 0 Å². The molecule has 8 heavy (non-hydrogen) atoms. The van der Waals surface area contributed by atoms with Gasteiger partial charge in [-0.3, -0.25) is 5.32 Å². The van der Waals surface area contributed by atoms with Crippen molar-refractivity contribution in [1.29, 1.82) is 0 Å². The Hall–Kier alpha value is -0.940. The van der Waals surface area contributed by atoms with E-state index in [1.54, 1.807) is 0 Å². The van der Waals surface area contributed by atoms with E-state index in [0.29, 0.717) is 0 Å². The van der Waals surface area contributed by atoms with Crippen molar-refractivity contribution in [2.45, 2.75) is 6.17 Å². The van der Waals surface area contributed by atoms with E-state index >= 15 is 0 Å². The molecule has 0 aliphatic carbocycles. The first-order chi connectivity index (χ1) is 3.93. The topological polar surface area (TPSA) is 24.1 Å². The van der Waals surface area contributed by atoms with E-state index in [1.807, 2.05) is 19.2 Å². The first kappa shape index (κ1) is 5.20. The highest BCUT2D eigenvalue weighted by Gasteiger charge is 1.95. The summed E-state index contributed by atoms with van der Waals surface area (Å²) in [4.78, 5) is 0. The number of hydrogen-bond acceptors (Lipinski definition) is 2. The van der Waals surface area contributed by atoms with Crippen LogP contribution >= 0.6 is 0 Å². The first-order valence-corrected chi connectivity index (χ1v) is 2.53. The number of hydrogen-bond donors (Lipinski definition) is 2. The molecule has 0 bridgehead atoms. The fourth-order valence-electron chi connectivity index (χ4n) is 0.522. The van der Waals surface area contributed by atoms with E-state index in [0.717, 1.165) is 0 Å². The lowest BCUT2D eigenvalue weighted by molar-refractivity contribution is 0.621. The highest BCUT2D eigenvalue weighted by atomic mass is 15.1. The molecule has 2 heteroatoms. The molecule has 0 aromatic rings. The van der Waals surface area contributed by atoms with Gasteiger partial charge in [0, 0.05) is 6.04 Å². The fraction of sp³-hybridized carbons (Fsp3) is 0.333. The molecule has 1 atom stereocenters. The van der Waals surface area contributed by atoms with E-state index in [1.165, 1.54) is 0 Å². The summed E-state index contributed by atoms with van der Waals surface area (Å²) in [5, 5.41) is 5.91. The maximum Gasteiger partial charge on any atom is 0.104 e. The molecular formula is C6H8N2. The van der Waals surface area contributed by atoms with Crippen LogP contribution in [0.1, 0.15) is 0 Å². The molecule has 1 aliphatic rings. The highest BCUT2D eigenvalue weighted by molar-refractivity contribution is 5.21. The zero-order valence-corrected chi connectivity index (χ0v) is 4.73. The molecule has 0 aromatic heterocycles. The molecule has 0 saturated heterocycles. The third-order valence-electron chi connectivity index (χ3n) is 0.983. The molecule has 2 nitrogen and oxygen atoms in total. The number of rotatable bonds is 1. The summed E-state index contributed by atoms with van der Waals surface area (Å²) in [6.07, 6.45) is 4.03. The summed E-state index contributed by atoms with van der Waals surface area (Å²) in [6, 6.07) is 2.74. The van der Waals surface area contributed by atoms with Crippen LogP contribution in [0, 0.1) is 12.0 Å². The third kappa shape index (κ3) is 1.02.